The highest BCUT2D eigenvalue weighted by molar-refractivity contribution is 14.1. The lowest BCUT2D eigenvalue weighted by Gasteiger charge is -2.09. The molecule has 1 aromatic heterocycles. The van der Waals surface area contributed by atoms with Crippen molar-refractivity contribution in [2.75, 3.05) is 11.9 Å². The predicted molar refractivity (Wildman–Crippen MR) is 109 cm³/mol. The van der Waals surface area contributed by atoms with Gasteiger partial charge in [0.25, 0.3) is 5.91 Å². The molecule has 2 N–H and O–H groups in total. The van der Waals surface area contributed by atoms with Gasteiger partial charge in [-0.2, -0.15) is 0 Å². The Kier molecular flexibility index (Phi) is 5.72. The summed E-state index contributed by atoms with van der Waals surface area (Å²) in [6.07, 6.45) is 1.54. The Hall–Kier alpha value is -2.61. The molecule has 26 heavy (non-hydrogen) atoms. The second-order valence-electron chi connectivity index (χ2n) is 5.47. The van der Waals surface area contributed by atoms with Crippen molar-refractivity contribution >= 4 is 40.2 Å². The lowest BCUT2D eigenvalue weighted by molar-refractivity contribution is 0.0521. The van der Waals surface area contributed by atoms with Crippen molar-refractivity contribution in [2.45, 2.75) is 6.92 Å². The first-order valence-corrected chi connectivity index (χ1v) is 9.19. The van der Waals surface area contributed by atoms with Crippen LogP contribution in [0, 0.1) is 3.57 Å². The number of aromatic nitrogens is 1. The molecule has 1 heterocycles. The second-order valence-corrected chi connectivity index (χ2v) is 6.64. The highest BCUT2D eigenvalue weighted by Gasteiger charge is 2.24. The molecule has 6 heteroatoms. The van der Waals surface area contributed by atoms with Gasteiger partial charge in [-0.25, -0.2) is 4.79 Å². The Morgan fingerprint density at radius 3 is 2.46 bits per heavy atom. The molecule has 5 nitrogen and oxygen atoms in total. The molecule has 0 bridgehead atoms. The van der Waals surface area contributed by atoms with Gasteiger partial charge in [0.05, 0.1) is 17.9 Å². The summed E-state index contributed by atoms with van der Waals surface area (Å²) in [5.74, 6) is -0.778. The standard InChI is InChI=1S/C20H17IN2O3/c1-2-26-20(25)18-17(13-8-4-3-5-9-13)14(12-22-18)19(24)23-16-11-7-6-10-15(16)21/h3-12,22H,2H2,1H3,(H,23,24). The molecule has 0 unspecified atom stereocenters. The molecular formula is C20H17IN2O3. The Morgan fingerprint density at radius 1 is 1.08 bits per heavy atom. The number of aromatic amines is 1. The average molecular weight is 460 g/mol. The summed E-state index contributed by atoms with van der Waals surface area (Å²) in [7, 11) is 0. The summed E-state index contributed by atoms with van der Waals surface area (Å²) in [4.78, 5) is 28.1. The SMILES string of the molecule is CCOC(=O)c1[nH]cc(C(=O)Nc2ccccc2I)c1-c1ccccc1. The van der Waals surface area contributed by atoms with Gasteiger partial charge in [0, 0.05) is 15.3 Å². The number of carbonyl (C=O) groups is 2. The van der Waals surface area contributed by atoms with E-state index in [1.54, 1.807) is 13.1 Å². The largest absolute Gasteiger partial charge is 0.461 e. The quantitative estimate of drug-likeness (QED) is 0.428. The third kappa shape index (κ3) is 3.80. The summed E-state index contributed by atoms with van der Waals surface area (Å²) >= 11 is 2.16. The molecule has 0 saturated carbocycles. The summed E-state index contributed by atoms with van der Waals surface area (Å²) in [6.45, 7) is 2.00. The van der Waals surface area contributed by atoms with Crippen LogP contribution in [0.15, 0.2) is 60.8 Å². The van der Waals surface area contributed by atoms with Crippen LogP contribution in [-0.4, -0.2) is 23.5 Å². The Morgan fingerprint density at radius 2 is 1.77 bits per heavy atom. The highest BCUT2D eigenvalue weighted by Crippen LogP contribution is 2.29. The van der Waals surface area contributed by atoms with Gasteiger partial charge in [-0.15, -0.1) is 0 Å². The average Bonchev–Trinajstić information content (AvgIpc) is 3.10. The van der Waals surface area contributed by atoms with Crippen LogP contribution in [0.25, 0.3) is 11.1 Å². The monoisotopic (exact) mass is 460 g/mol. The number of hydrogen-bond donors (Lipinski definition) is 2. The fourth-order valence-electron chi connectivity index (χ4n) is 2.62. The molecule has 0 spiro atoms. The number of halogens is 1. The smallest absolute Gasteiger partial charge is 0.355 e. The molecule has 0 radical (unpaired) electrons. The van der Waals surface area contributed by atoms with Crippen molar-refractivity contribution in [1.82, 2.24) is 4.98 Å². The minimum Gasteiger partial charge on any atom is -0.461 e. The zero-order chi connectivity index (χ0) is 18.5. The molecule has 2 aromatic carbocycles. The highest BCUT2D eigenvalue weighted by atomic mass is 127. The lowest BCUT2D eigenvalue weighted by Crippen LogP contribution is -2.14. The van der Waals surface area contributed by atoms with E-state index in [-0.39, 0.29) is 18.2 Å². The van der Waals surface area contributed by atoms with Gasteiger partial charge in [0.1, 0.15) is 5.69 Å². The van der Waals surface area contributed by atoms with Crippen molar-refractivity contribution in [1.29, 1.82) is 0 Å². The molecule has 0 aliphatic rings. The van der Waals surface area contributed by atoms with E-state index < -0.39 is 5.97 Å². The van der Waals surface area contributed by atoms with Crippen LogP contribution in [0.4, 0.5) is 5.69 Å². The number of hydrogen-bond acceptors (Lipinski definition) is 3. The lowest BCUT2D eigenvalue weighted by atomic mass is 10.0. The van der Waals surface area contributed by atoms with Gasteiger partial charge in [-0.3, -0.25) is 4.79 Å². The minimum absolute atomic E-state index is 0.260. The van der Waals surface area contributed by atoms with Crippen LogP contribution < -0.4 is 5.32 Å². The Balaban J connectivity index is 2.03. The van der Waals surface area contributed by atoms with Crippen molar-refractivity contribution < 1.29 is 14.3 Å². The van der Waals surface area contributed by atoms with Crippen LogP contribution in [0.2, 0.25) is 0 Å². The fraction of sp³-hybridized carbons (Fsp3) is 0.100. The number of amides is 1. The Bertz CT molecular complexity index is 935. The first-order valence-electron chi connectivity index (χ1n) is 8.11. The van der Waals surface area contributed by atoms with E-state index in [1.807, 2.05) is 54.6 Å². The van der Waals surface area contributed by atoms with Gasteiger partial charge in [0.15, 0.2) is 0 Å². The second kappa shape index (κ2) is 8.18. The predicted octanol–water partition coefficient (Wildman–Crippen LogP) is 4.72. The number of nitrogens with one attached hydrogen (secondary N) is 2. The molecule has 1 amide bonds. The van der Waals surface area contributed by atoms with Crippen molar-refractivity contribution in [3.05, 3.63) is 75.6 Å². The van der Waals surface area contributed by atoms with Gasteiger partial charge in [-0.05, 0) is 47.2 Å². The number of rotatable bonds is 5. The number of carbonyl (C=O) groups excluding carboxylic acids is 2. The van der Waals surface area contributed by atoms with Crippen LogP contribution >= 0.6 is 22.6 Å². The zero-order valence-electron chi connectivity index (χ0n) is 14.1. The number of anilines is 1. The zero-order valence-corrected chi connectivity index (χ0v) is 16.2. The van der Waals surface area contributed by atoms with E-state index >= 15 is 0 Å². The van der Waals surface area contributed by atoms with E-state index in [0.29, 0.717) is 11.1 Å². The maximum absolute atomic E-state index is 12.9. The molecule has 3 aromatic rings. The molecule has 0 aliphatic heterocycles. The van der Waals surface area contributed by atoms with E-state index in [4.69, 9.17) is 4.74 Å². The molecule has 0 fully saturated rings. The molecule has 0 aliphatic carbocycles. The molecule has 0 saturated heterocycles. The van der Waals surface area contributed by atoms with Crippen molar-refractivity contribution in [2.24, 2.45) is 0 Å². The topological polar surface area (TPSA) is 71.2 Å². The number of esters is 1. The van der Waals surface area contributed by atoms with E-state index in [9.17, 15) is 9.59 Å². The van der Waals surface area contributed by atoms with E-state index in [1.165, 1.54) is 0 Å². The van der Waals surface area contributed by atoms with Gasteiger partial charge >= 0.3 is 5.97 Å². The minimum atomic E-state index is -0.486. The van der Waals surface area contributed by atoms with E-state index in [2.05, 4.69) is 32.9 Å². The maximum atomic E-state index is 12.9. The molecule has 132 valence electrons. The number of benzene rings is 2. The fourth-order valence-corrected chi connectivity index (χ4v) is 3.15. The van der Waals surface area contributed by atoms with Crippen molar-refractivity contribution in [3.63, 3.8) is 0 Å². The number of para-hydroxylation sites is 1. The summed E-state index contributed by atoms with van der Waals surface area (Å²) in [5.41, 5.74) is 2.68. The number of ether oxygens (including phenoxy) is 1. The van der Waals surface area contributed by atoms with Crippen LogP contribution in [0.5, 0.6) is 0 Å². The van der Waals surface area contributed by atoms with Crippen LogP contribution in [0.3, 0.4) is 0 Å². The van der Waals surface area contributed by atoms with Gasteiger partial charge < -0.3 is 15.0 Å². The maximum Gasteiger partial charge on any atom is 0.355 e. The van der Waals surface area contributed by atoms with Crippen LogP contribution in [0.1, 0.15) is 27.8 Å². The van der Waals surface area contributed by atoms with Gasteiger partial charge in [-0.1, -0.05) is 42.5 Å². The molecule has 0 atom stereocenters. The third-order valence-electron chi connectivity index (χ3n) is 3.79. The van der Waals surface area contributed by atoms with Crippen LogP contribution in [-0.2, 0) is 4.74 Å². The molecule has 3 rings (SSSR count). The summed E-state index contributed by atoms with van der Waals surface area (Å²) in [6, 6.07) is 16.8. The summed E-state index contributed by atoms with van der Waals surface area (Å²) < 4.78 is 6.05. The van der Waals surface area contributed by atoms with Crippen molar-refractivity contribution in [3.8, 4) is 11.1 Å². The Labute approximate surface area is 164 Å². The number of H-pyrrole nitrogens is 1. The normalized spacial score (nSPS) is 10.4. The van der Waals surface area contributed by atoms with E-state index in [0.717, 1.165) is 14.8 Å². The third-order valence-corrected chi connectivity index (χ3v) is 4.73. The summed E-state index contributed by atoms with van der Waals surface area (Å²) in [5, 5.41) is 2.90. The first kappa shape index (κ1) is 18.2. The first-order chi connectivity index (χ1) is 12.6. The van der Waals surface area contributed by atoms with Gasteiger partial charge in [0.2, 0.25) is 0 Å². The molecular weight excluding hydrogens is 443 g/mol.